The third-order valence-corrected chi connectivity index (χ3v) is 5.77. The minimum Gasteiger partial charge on any atom is -0.463 e. The highest BCUT2D eigenvalue weighted by molar-refractivity contribution is 9.10. The Morgan fingerprint density at radius 2 is 1.87 bits per heavy atom. The molecule has 2 aromatic carbocycles. The highest BCUT2D eigenvalue weighted by Gasteiger charge is 2.34. The molecule has 1 aliphatic rings. The summed E-state index contributed by atoms with van der Waals surface area (Å²) in [6.45, 7) is 2.23. The largest absolute Gasteiger partial charge is 0.463 e. The van der Waals surface area contributed by atoms with Crippen LogP contribution in [0.4, 0.5) is 0 Å². The van der Waals surface area contributed by atoms with Gasteiger partial charge in [0.05, 0.1) is 12.2 Å². The number of thioether (sulfide) groups is 1. The Labute approximate surface area is 149 Å². The standard InChI is InChI=1S/C19H17BrO2S/c1-2-22-19(21)17-15(14-10-6-7-11-16(14)20)12-23-18(17)13-8-4-3-5-9-13/h3-11,15H,2,12H2,1H3. The van der Waals surface area contributed by atoms with Crippen molar-refractivity contribution in [3.8, 4) is 0 Å². The molecule has 3 rings (SSSR count). The van der Waals surface area contributed by atoms with Crippen molar-refractivity contribution in [2.24, 2.45) is 0 Å². The molecule has 118 valence electrons. The molecular formula is C19H17BrO2S. The predicted octanol–water partition coefficient (Wildman–Crippen LogP) is 5.25. The summed E-state index contributed by atoms with van der Waals surface area (Å²) >= 11 is 5.34. The molecule has 0 saturated carbocycles. The number of carbonyl (C=O) groups is 1. The van der Waals surface area contributed by atoms with E-state index in [1.165, 1.54) is 0 Å². The van der Waals surface area contributed by atoms with Crippen molar-refractivity contribution in [3.63, 3.8) is 0 Å². The second-order valence-corrected chi connectivity index (χ2v) is 7.10. The van der Waals surface area contributed by atoms with Crippen LogP contribution in [0.5, 0.6) is 0 Å². The van der Waals surface area contributed by atoms with Crippen molar-refractivity contribution < 1.29 is 9.53 Å². The average molecular weight is 389 g/mol. The lowest BCUT2D eigenvalue weighted by Crippen LogP contribution is -2.14. The van der Waals surface area contributed by atoms with Crippen molar-refractivity contribution in [2.75, 3.05) is 12.4 Å². The van der Waals surface area contributed by atoms with E-state index < -0.39 is 0 Å². The van der Waals surface area contributed by atoms with Gasteiger partial charge in [0.15, 0.2) is 0 Å². The zero-order valence-corrected chi connectivity index (χ0v) is 15.2. The van der Waals surface area contributed by atoms with E-state index in [1.807, 2.05) is 55.5 Å². The van der Waals surface area contributed by atoms with Crippen LogP contribution in [0.3, 0.4) is 0 Å². The number of halogens is 1. The van der Waals surface area contributed by atoms with Crippen molar-refractivity contribution in [1.82, 2.24) is 0 Å². The van der Waals surface area contributed by atoms with Crippen LogP contribution in [0.25, 0.3) is 4.91 Å². The molecule has 2 aromatic rings. The van der Waals surface area contributed by atoms with Gasteiger partial charge in [-0.05, 0) is 24.1 Å². The Bertz CT molecular complexity index is 740. The van der Waals surface area contributed by atoms with Crippen LogP contribution in [0.15, 0.2) is 64.6 Å². The van der Waals surface area contributed by atoms with Crippen molar-refractivity contribution >= 4 is 38.6 Å². The summed E-state index contributed by atoms with van der Waals surface area (Å²) in [6.07, 6.45) is 0. The van der Waals surface area contributed by atoms with E-state index in [0.717, 1.165) is 31.8 Å². The van der Waals surface area contributed by atoms with E-state index in [0.29, 0.717) is 6.61 Å². The molecule has 1 aliphatic heterocycles. The van der Waals surface area contributed by atoms with Crippen molar-refractivity contribution in [1.29, 1.82) is 0 Å². The van der Waals surface area contributed by atoms with E-state index in [4.69, 9.17) is 4.74 Å². The molecule has 1 atom stereocenters. The highest BCUT2D eigenvalue weighted by atomic mass is 79.9. The molecule has 0 spiro atoms. The summed E-state index contributed by atoms with van der Waals surface area (Å²) in [5, 5.41) is 0. The van der Waals surface area contributed by atoms with Crippen LogP contribution in [0, 0.1) is 0 Å². The molecule has 1 unspecified atom stereocenters. The van der Waals surface area contributed by atoms with Gasteiger partial charge in [0.25, 0.3) is 0 Å². The van der Waals surface area contributed by atoms with Gasteiger partial charge in [-0.15, -0.1) is 11.8 Å². The van der Waals surface area contributed by atoms with Crippen molar-refractivity contribution in [3.05, 3.63) is 75.8 Å². The maximum Gasteiger partial charge on any atom is 0.335 e. The van der Waals surface area contributed by atoms with Gasteiger partial charge in [-0.25, -0.2) is 4.79 Å². The van der Waals surface area contributed by atoms with Crippen LogP contribution in [0.1, 0.15) is 24.0 Å². The van der Waals surface area contributed by atoms with Gasteiger partial charge in [-0.3, -0.25) is 0 Å². The number of carbonyl (C=O) groups excluding carboxylic acids is 1. The lowest BCUT2D eigenvalue weighted by molar-refractivity contribution is -0.138. The topological polar surface area (TPSA) is 26.3 Å². The number of esters is 1. The first-order valence-electron chi connectivity index (χ1n) is 7.56. The zero-order chi connectivity index (χ0) is 16.2. The number of hydrogen-bond acceptors (Lipinski definition) is 3. The van der Waals surface area contributed by atoms with Gasteiger partial charge in [-0.2, -0.15) is 0 Å². The predicted molar refractivity (Wildman–Crippen MR) is 99.3 cm³/mol. The summed E-state index contributed by atoms with van der Waals surface area (Å²) in [6, 6.07) is 18.2. The Morgan fingerprint density at radius 1 is 1.17 bits per heavy atom. The van der Waals surface area contributed by atoms with Crippen molar-refractivity contribution in [2.45, 2.75) is 12.8 Å². The first-order valence-corrected chi connectivity index (χ1v) is 9.34. The van der Waals surface area contributed by atoms with Gasteiger partial charge in [0.1, 0.15) is 0 Å². The molecule has 0 saturated heterocycles. The molecule has 23 heavy (non-hydrogen) atoms. The van der Waals surface area contributed by atoms with Gasteiger partial charge in [0.2, 0.25) is 0 Å². The van der Waals surface area contributed by atoms with Gasteiger partial charge >= 0.3 is 5.97 Å². The molecule has 0 radical (unpaired) electrons. The van der Waals surface area contributed by atoms with Crippen LogP contribution in [-0.4, -0.2) is 18.3 Å². The van der Waals surface area contributed by atoms with Crippen LogP contribution in [0.2, 0.25) is 0 Å². The molecule has 0 aromatic heterocycles. The fourth-order valence-electron chi connectivity index (χ4n) is 2.76. The molecule has 0 N–H and O–H groups in total. The third-order valence-electron chi connectivity index (χ3n) is 3.80. The Balaban J connectivity index is 2.09. The lowest BCUT2D eigenvalue weighted by atomic mass is 9.91. The maximum atomic E-state index is 12.6. The average Bonchev–Trinajstić information content (AvgIpc) is 3.01. The SMILES string of the molecule is CCOC(=O)C1=C(c2ccccc2)SCC1c1ccccc1Br. The Morgan fingerprint density at radius 3 is 2.57 bits per heavy atom. The summed E-state index contributed by atoms with van der Waals surface area (Å²) in [4.78, 5) is 13.6. The van der Waals surface area contributed by atoms with E-state index in [2.05, 4.69) is 22.0 Å². The smallest absolute Gasteiger partial charge is 0.335 e. The van der Waals surface area contributed by atoms with E-state index >= 15 is 0 Å². The molecular weight excluding hydrogens is 372 g/mol. The third kappa shape index (κ3) is 3.38. The lowest BCUT2D eigenvalue weighted by Gasteiger charge is -2.16. The molecule has 0 bridgehead atoms. The van der Waals surface area contributed by atoms with E-state index in [1.54, 1.807) is 11.8 Å². The second kappa shape index (κ2) is 7.37. The van der Waals surface area contributed by atoms with E-state index in [-0.39, 0.29) is 11.9 Å². The first-order chi connectivity index (χ1) is 11.2. The van der Waals surface area contributed by atoms with Gasteiger partial charge in [-0.1, -0.05) is 64.5 Å². The van der Waals surface area contributed by atoms with Crippen LogP contribution in [-0.2, 0) is 9.53 Å². The monoisotopic (exact) mass is 388 g/mol. The van der Waals surface area contributed by atoms with E-state index in [9.17, 15) is 4.79 Å². The molecule has 2 nitrogen and oxygen atoms in total. The summed E-state index contributed by atoms with van der Waals surface area (Å²) in [5.41, 5.74) is 2.99. The Kier molecular flexibility index (Phi) is 5.23. The molecule has 1 heterocycles. The summed E-state index contributed by atoms with van der Waals surface area (Å²) in [5.74, 6) is 0.683. The maximum absolute atomic E-state index is 12.6. The minimum absolute atomic E-state index is 0.0461. The van der Waals surface area contributed by atoms with Crippen LogP contribution < -0.4 is 0 Å². The van der Waals surface area contributed by atoms with Gasteiger partial charge in [0, 0.05) is 21.0 Å². The fraction of sp³-hybridized carbons (Fsp3) is 0.211. The quantitative estimate of drug-likeness (QED) is 0.668. The molecule has 0 amide bonds. The second-order valence-electron chi connectivity index (χ2n) is 5.21. The number of hydrogen-bond donors (Lipinski definition) is 0. The molecule has 4 heteroatoms. The molecule has 0 fully saturated rings. The number of ether oxygens (including phenoxy) is 1. The van der Waals surface area contributed by atoms with Gasteiger partial charge < -0.3 is 4.74 Å². The number of benzene rings is 2. The highest BCUT2D eigenvalue weighted by Crippen LogP contribution is 2.48. The normalized spacial score (nSPS) is 17.4. The summed E-state index contributed by atoms with van der Waals surface area (Å²) in [7, 11) is 0. The fourth-order valence-corrected chi connectivity index (χ4v) is 4.69. The minimum atomic E-state index is -0.211. The first kappa shape index (κ1) is 16.3. The summed E-state index contributed by atoms with van der Waals surface area (Å²) < 4.78 is 6.37. The number of rotatable bonds is 4. The Hall–Kier alpha value is -1.52. The molecule has 0 aliphatic carbocycles. The zero-order valence-electron chi connectivity index (χ0n) is 12.8. The van der Waals surface area contributed by atoms with Crippen LogP contribution >= 0.6 is 27.7 Å².